The third-order valence-corrected chi connectivity index (χ3v) is 6.37. The van der Waals surface area contributed by atoms with Gasteiger partial charge >= 0.3 is 0 Å². The summed E-state index contributed by atoms with van der Waals surface area (Å²) in [4.78, 5) is 38.4. The Hall–Kier alpha value is -2.80. The molecule has 2 amide bonds. The second-order valence-corrected chi connectivity index (χ2v) is 8.81. The smallest absolute Gasteiger partial charge is 0.251 e. The first-order valence-electron chi connectivity index (χ1n) is 11.0. The predicted octanol–water partition coefficient (Wildman–Crippen LogP) is 2.56. The molecular formula is C24H30N4O3. The summed E-state index contributed by atoms with van der Waals surface area (Å²) in [5.74, 6) is 0.0920. The topological polar surface area (TPSA) is 75.6 Å². The van der Waals surface area contributed by atoms with E-state index in [1.807, 2.05) is 23.1 Å². The SMILES string of the molecule is CN(C)C(=O)C1(Cc2ccccc2-c2cncnc2)CCCN(C(=O)C2CCCO2)C1. The van der Waals surface area contributed by atoms with E-state index in [9.17, 15) is 9.59 Å². The van der Waals surface area contributed by atoms with Crippen LogP contribution in [-0.4, -0.2) is 71.5 Å². The lowest BCUT2D eigenvalue weighted by Crippen LogP contribution is -2.55. The summed E-state index contributed by atoms with van der Waals surface area (Å²) in [6, 6.07) is 8.09. The highest BCUT2D eigenvalue weighted by atomic mass is 16.5. The van der Waals surface area contributed by atoms with Crippen molar-refractivity contribution in [2.45, 2.75) is 38.2 Å². The number of hydrogen-bond acceptors (Lipinski definition) is 5. The molecule has 0 saturated carbocycles. The van der Waals surface area contributed by atoms with Gasteiger partial charge in [-0.05, 0) is 43.2 Å². The van der Waals surface area contributed by atoms with Crippen LogP contribution in [0.4, 0.5) is 0 Å². The van der Waals surface area contributed by atoms with Crippen LogP contribution in [0, 0.1) is 5.41 Å². The van der Waals surface area contributed by atoms with Crippen LogP contribution < -0.4 is 0 Å². The Morgan fingerprint density at radius 1 is 1.19 bits per heavy atom. The molecule has 7 heteroatoms. The molecule has 3 heterocycles. The van der Waals surface area contributed by atoms with E-state index in [2.05, 4.69) is 16.0 Å². The van der Waals surface area contributed by atoms with Gasteiger partial charge in [-0.3, -0.25) is 9.59 Å². The Balaban J connectivity index is 1.66. The summed E-state index contributed by atoms with van der Waals surface area (Å²) in [5.41, 5.74) is 2.35. The minimum absolute atomic E-state index is 0.0258. The molecule has 7 nitrogen and oxygen atoms in total. The first-order valence-corrected chi connectivity index (χ1v) is 11.0. The number of carbonyl (C=O) groups excluding carboxylic acids is 2. The van der Waals surface area contributed by atoms with E-state index >= 15 is 0 Å². The van der Waals surface area contributed by atoms with Crippen LogP contribution in [0.3, 0.4) is 0 Å². The second kappa shape index (κ2) is 9.14. The van der Waals surface area contributed by atoms with Gasteiger partial charge in [-0.15, -0.1) is 0 Å². The molecule has 0 radical (unpaired) electrons. The van der Waals surface area contributed by atoms with Crippen LogP contribution in [0.2, 0.25) is 0 Å². The van der Waals surface area contributed by atoms with Crippen LogP contribution in [-0.2, 0) is 20.7 Å². The average Bonchev–Trinajstić information content (AvgIpc) is 3.34. The molecule has 1 aromatic heterocycles. The van der Waals surface area contributed by atoms with Crippen molar-refractivity contribution in [3.05, 3.63) is 48.5 Å². The van der Waals surface area contributed by atoms with Crippen molar-refractivity contribution in [2.75, 3.05) is 33.8 Å². The summed E-state index contributed by atoms with van der Waals surface area (Å²) in [7, 11) is 3.59. The molecule has 2 fully saturated rings. The van der Waals surface area contributed by atoms with Crippen molar-refractivity contribution < 1.29 is 14.3 Å². The number of amides is 2. The van der Waals surface area contributed by atoms with Crippen molar-refractivity contribution >= 4 is 11.8 Å². The van der Waals surface area contributed by atoms with E-state index in [0.717, 1.165) is 42.4 Å². The fourth-order valence-electron chi connectivity index (χ4n) is 4.92. The lowest BCUT2D eigenvalue weighted by Gasteiger charge is -2.44. The van der Waals surface area contributed by atoms with Gasteiger partial charge in [0.1, 0.15) is 12.4 Å². The van der Waals surface area contributed by atoms with Gasteiger partial charge in [0.05, 0.1) is 5.41 Å². The van der Waals surface area contributed by atoms with Gasteiger partial charge in [0.25, 0.3) is 5.91 Å². The van der Waals surface area contributed by atoms with E-state index < -0.39 is 5.41 Å². The molecule has 2 aromatic rings. The number of likely N-dealkylation sites (tertiary alicyclic amines) is 1. The summed E-state index contributed by atoms with van der Waals surface area (Å²) < 4.78 is 5.64. The molecule has 2 unspecified atom stereocenters. The van der Waals surface area contributed by atoms with E-state index in [0.29, 0.717) is 26.1 Å². The molecule has 4 rings (SSSR count). The molecule has 0 N–H and O–H groups in total. The average molecular weight is 423 g/mol. The first kappa shape index (κ1) is 21.4. The third kappa shape index (κ3) is 4.46. The maximum Gasteiger partial charge on any atom is 0.251 e. The van der Waals surface area contributed by atoms with Crippen molar-refractivity contribution in [3.8, 4) is 11.1 Å². The highest BCUT2D eigenvalue weighted by Gasteiger charge is 2.45. The standard InChI is InChI=1S/C24H30N4O3/c1-27(2)23(30)24(10-6-11-28(16-24)22(29)21-9-5-12-31-21)13-18-7-3-4-8-20(18)19-14-25-17-26-15-19/h3-4,7-8,14-15,17,21H,5-6,9-13,16H2,1-2H3. The number of piperidine rings is 1. The number of rotatable bonds is 5. The molecule has 164 valence electrons. The zero-order chi connectivity index (χ0) is 21.8. The first-order chi connectivity index (χ1) is 15.0. The van der Waals surface area contributed by atoms with Gasteiger partial charge in [0, 0.05) is 51.7 Å². The predicted molar refractivity (Wildman–Crippen MR) is 117 cm³/mol. The lowest BCUT2D eigenvalue weighted by atomic mass is 9.73. The Morgan fingerprint density at radius 3 is 2.68 bits per heavy atom. The Kier molecular flexibility index (Phi) is 6.32. The van der Waals surface area contributed by atoms with E-state index in [1.54, 1.807) is 31.4 Å². The summed E-state index contributed by atoms with van der Waals surface area (Å²) >= 11 is 0. The molecule has 2 atom stereocenters. The number of benzene rings is 1. The van der Waals surface area contributed by atoms with Crippen molar-refractivity contribution in [1.29, 1.82) is 0 Å². The Bertz CT molecular complexity index is 927. The van der Waals surface area contributed by atoms with Gasteiger partial charge in [0.15, 0.2) is 0 Å². The Morgan fingerprint density at radius 2 is 1.97 bits per heavy atom. The van der Waals surface area contributed by atoms with Gasteiger partial charge in [-0.25, -0.2) is 9.97 Å². The largest absolute Gasteiger partial charge is 0.368 e. The number of ether oxygens (including phenoxy) is 1. The number of carbonyl (C=O) groups is 2. The second-order valence-electron chi connectivity index (χ2n) is 8.81. The maximum atomic E-state index is 13.5. The number of hydrogen-bond donors (Lipinski definition) is 0. The van der Waals surface area contributed by atoms with Crippen LogP contribution >= 0.6 is 0 Å². The van der Waals surface area contributed by atoms with Gasteiger partial charge in [0.2, 0.25) is 5.91 Å². The maximum absolute atomic E-state index is 13.5. The molecule has 0 bridgehead atoms. The zero-order valence-corrected chi connectivity index (χ0v) is 18.3. The number of aromatic nitrogens is 2. The monoisotopic (exact) mass is 422 g/mol. The van der Waals surface area contributed by atoms with Crippen molar-refractivity contribution in [1.82, 2.24) is 19.8 Å². The van der Waals surface area contributed by atoms with Gasteiger partial charge in [-0.2, -0.15) is 0 Å². The molecule has 2 aliphatic rings. The fraction of sp³-hybridized carbons (Fsp3) is 0.500. The van der Waals surface area contributed by atoms with Gasteiger partial charge in [-0.1, -0.05) is 24.3 Å². The normalized spacial score (nSPS) is 23.5. The lowest BCUT2D eigenvalue weighted by molar-refractivity contribution is -0.151. The molecular weight excluding hydrogens is 392 g/mol. The van der Waals surface area contributed by atoms with E-state index in [-0.39, 0.29) is 17.9 Å². The van der Waals surface area contributed by atoms with E-state index in [4.69, 9.17) is 4.74 Å². The minimum atomic E-state index is -0.665. The van der Waals surface area contributed by atoms with Crippen LogP contribution in [0.15, 0.2) is 43.0 Å². The molecule has 2 aliphatic heterocycles. The number of nitrogens with zero attached hydrogens (tertiary/aromatic N) is 4. The summed E-state index contributed by atoms with van der Waals surface area (Å²) in [6.07, 6.45) is 8.52. The summed E-state index contributed by atoms with van der Waals surface area (Å²) in [6.45, 7) is 1.73. The summed E-state index contributed by atoms with van der Waals surface area (Å²) in [5, 5.41) is 0. The Labute approximate surface area is 183 Å². The third-order valence-electron chi connectivity index (χ3n) is 6.37. The molecule has 0 aliphatic carbocycles. The zero-order valence-electron chi connectivity index (χ0n) is 18.3. The fourth-order valence-corrected chi connectivity index (χ4v) is 4.92. The highest BCUT2D eigenvalue weighted by molar-refractivity contribution is 5.86. The van der Waals surface area contributed by atoms with Crippen LogP contribution in [0.25, 0.3) is 11.1 Å². The highest BCUT2D eigenvalue weighted by Crippen LogP contribution is 2.38. The van der Waals surface area contributed by atoms with Crippen molar-refractivity contribution in [2.24, 2.45) is 5.41 Å². The van der Waals surface area contributed by atoms with Crippen LogP contribution in [0.1, 0.15) is 31.2 Å². The quantitative estimate of drug-likeness (QED) is 0.740. The molecule has 0 spiro atoms. The molecule has 1 aromatic carbocycles. The van der Waals surface area contributed by atoms with Crippen molar-refractivity contribution in [3.63, 3.8) is 0 Å². The molecule has 31 heavy (non-hydrogen) atoms. The molecule has 2 saturated heterocycles. The minimum Gasteiger partial charge on any atom is -0.368 e. The van der Waals surface area contributed by atoms with Crippen LogP contribution in [0.5, 0.6) is 0 Å². The van der Waals surface area contributed by atoms with Gasteiger partial charge < -0.3 is 14.5 Å². The van der Waals surface area contributed by atoms with E-state index in [1.165, 1.54) is 6.33 Å².